The Morgan fingerprint density at radius 2 is 1.88 bits per heavy atom. The van der Waals surface area contributed by atoms with E-state index in [2.05, 4.69) is 5.32 Å². The molecule has 0 aliphatic rings. The quantitative estimate of drug-likeness (QED) is 0.768. The molecule has 2 aromatic rings. The topological polar surface area (TPSA) is 73.9 Å². The van der Waals surface area contributed by atoms with E-state index >= 15 is 0 Å². The monoisotopic (exact) mass is 361 g/mol. The summed E-state index contributed by atoms with van der Waals surface area (Å²) in [6.07, 6.45) is 0. The van der Waals surface area contributed by atoms with E-state index in [4.69, 9.17) is 14.2 Å². The predicted octanol–water partition coefficient (Wildman–Crippen LogP) is 2.88. The van der Waals surface area contributed by atoms with Crippen LogP contribution in [0.2, 0.25) is 0 Å². The zero-order valence-corrected chi connectivity index (χ0v) is 14.7. The van der Waals surface area contributed by atoms with Gasteiger partial charge in [-0.1, -0.05) is 12.1 Å². The molecular weight excluding hydrogens is 341 g/mol. The number of hydrogen-bond acceptors (Lipinski definition) is 5. The summed E-state index contributed by atoms with van der Waals surface area (Å²) in [5.41, 5.74) is 0.846. The molecule has 7 heteroatoms. The number of amides is 1. The Bertz CT molecular complexity index is 793. The minimum atomic E-state index is -0.796. The molecule has 2 rings (SSSR count). The summed E-state index contributed by atoms with van der Waals surface area (Å²) in [4.78, 5) is 23.9. The van der Waals surface area contributed by atoms with Gasteiger partial charge in [-0.25, -0.2) is 9.18 Å². The van der Waals surface area contributed by atoms with E-state index < -0.39 is 24.3 Å². The molecule has 2 aromatic carbocycles. The van der Waals surface area contributed by atoms with Crippen LogP contribution >= 0.6 is 0 Å². The molecule has 0 spiro atoms. The summed E-state index contributed by atoms with van der Waals surface area (Å²) >= 11 is 0. The van der Waals surface area contributed by atoms with Gasteiger partial charge in [-0.15, -0.1) is 0 Å². The summed E-state index contributed by atoms with van der Waals surface area (Å²) in [7, 11) is 2.88. The maximum absolute atomic E-state index is 13.6. The number of esters is 1. The second-order valence-corrected chi connectivity index (χ2v) is 5.49. The lowest BCUT2D eigenvalue weighted by atomic mass is 10.1. The summed E-state index contributed by atoms with van der Waals surface area (Å²) < 4.78 is 28.4. The van der Waals surface area contributed by atoms with Crippen LogP contribution in [0, 0.1) is 5.82 Å². The largest absolute Gasteiger partial charge is 0.497 e. The molecule has 0 fully saturated rings. The van der Waals surface area contributed by atoms with E-state index in [1.54, 1.807) is 26.2 Å². The number of carbonyl (C=O) groups is 2. The Balaban J connectivity index is 1.89. The van der Waals surface area contributed by atoms with E-state index in [1.807, 2.05) is 12.1 Å². The fourth-order valence-corrected chi connectivity index (χ4v) is 2.29. The highest BCUT2D eigenvalue weighted by atomic mass is 19.1. The van der Waals surface area contributed by atoms with Crippen LogP contribution in [-0.2, 0) is 9.53 Å². The number of methoxy groups -OCH3 is 2. The number of hydrogen-bond donors (Lipinski definition) is 1. The number of ether oxygens (including phenoxy) is 3. The highest BCUT2D eigenvalue weighted by molar-refractivity contribution is 5.91. The molecule has 26 heavy (non-hydrogen) atoms. The maximum Gasteiger partial charge on any atom is 0.338 e. The normalized spacial score (nSPS) is 11.4. The summed E-state index contributed by atoms with van der Waals surface area (Å²) in [5, 5.41) is 2.72. The Hall–Kier alpha value is -3.09. The lowest BCUT2D eigenvalue weighted by Gasteiger charge is -2.15. The van der Waals surface area contributed by atoms with Crippen molar-refractivity contribution >= 4 is 11.9 Å². The molecule has 0 unspecified atom stereocenters. The highest BCUT2D eigenvalue weighted by Gasteiger charge is 2.15. The minimum Gasteiger partial charge on any atom is -0.497 e. The third kappa shape index (κ3) is 4.95. The third-order valence-electron chi connectivity index (χ3n) is 3.69. The molecule has 0 saturated carbocycles. The van der Waals surface area contributed by atoms with Gasteiger partial charge in [-0.3, -0.25) is 4.79 Å². The average molecular weight is 361 g/mol. The number of halogens is 1. The average Bonchev–Trinajstić information content (AvgIpc) is 2.66. The van der Waals surface area contributed by atoms with Crippen molar-refractivity contribution in [2.45, 2.75) is 13.0 Å². The van der Waals surface area contributed by atoms with Gasteiger partial charge >= 0.3 is 5.97 Å². The van der Waals surface area contributed by atoms with Crippen LogP contribution < -0.4 is 14.8 Å². The van der Waals surface area contributed by atoms with Crippen molar-refractivity contribution in [3.8, 4) is 11.5 Å². The Labute approximate surface area is 150 Å². The summed E-state index contributed by atoms with van der Waals surface area (Å²) in [5.74, 6) is -1.25. The number of rotatable bonds is 7. The molecule has 0 saturated heterocycles. The molecule has 0 aromatic heterocycles. The van der Waals surface area contributed by atoms with Crippen molar-refractivity contribution < 1.29 is 28.2 Å². The predicted molar refractivity (Wildman–Crippen MR) is 92.8 cm³/mol. The Morgan fingerprint density at radius 1 is 1.12 bits per heavy atom. The first-order valence-electron chi connectivity index (χ1n) is 7.88. The van der Waals surface area contributed by atoms with Crippen molar-refractivity contribution in [1.82, 2.24) is 5.32 Å². The van der Waals surface area contributed by atoms with Crippen LogP contribution in [0.25, 0.3) is 0 Å². The molecule has 0 aliphatic carbocycles. The van der Waals surface area contributed by atoms with Gasteiger partial charge < -0.3 is 19.5 Å². The molecule has 0 radical (unpaired) electrons. The second-order valence-electron chi connectivity index (χ2n) is 5.49. The van der Waals surface area contributed by atoms with Crippen molar-refractivity contribution in [3.05, 3.63) is 59.4 Å². The molecule has 1 atom stereocenters. The first-order valence-corrected chi connectivity index (χ1v) is 7.88. The zero-order chi connectivity index (χ0) is 19.1. The molecule has 0 aliphatic heterocycles. The van der Waals surface area contributed by atoms with Gasteiger partial charge in [0.2, 0.25) is 0 Å². The van der Waals surface area contributed by atoms with Crippen LogP contribution in [0.15, 0.2) is 42.5 Å². The molecule has 0 heterocycles. The van der Waals surface area contributed by atoms with E-state index in [0.717, 1.165) is 11.6 Å². The van der Waals surface area contributed by atoms with E-state index in [-0.39, 0.29) is 17.4 Å². The fraction of sp³-hybridized carbons (Fsp3) is 0.263. The van der Waals surface area contributed by atoms with Crippen LogP contribution in [-0.4, -0.2) is 32.7 Å². The van der Waals surface area contributed by atoms with Crippen molar-refractivity contribution in [3.63, 3.8) is 0 Å². The van der Waals surface area contributed by atoms with Gasteiger partial charge in [-0.2, -0.15) is 0 Å². The Kier molecular flexibility index (Phi) is 6.54. The van der Waals surface area contributed by atoms with Crippen molar-refractivity contribution in [2.75, 3.05) is 20.8 Å². The minimum absolute atomic E-state index is 0.00283. The lowest BCUT2D eigenvalue weighted by molar-refractivity contribution is -0.124. The molecule has 0 bridgehead atoms. The van der Waals surface area contributed by atoms with Gasteiger partial charge in [0, 0.05) is 0 Å². The van der Waals surface area contributed by atoms with E-state index in [1.165, 1.54) is 19.2 Å². The molecular formula is C19H20FNO5. The molecule has 6 nitrogen and oxygen atoms in total. The van der Waals surface area contributed by atoms with Crippen LogP contribution in [0.1, 0.15) is 28.9 Å². The van der Waals surface area contributed by atoms with Gasteiger partial charge in [0.15, 0.2) is 18.2 Å². The van der Waals surface area contributed by atoms with Crippen molar-refractivity contribution in [2.24, 2.45) is 0 Å². The maximum atomic E-state index is 13.6. The summed E-state index contributed by atoms with van der Waals surface area (Å²) in [6, 6.07) is 10.6. The smallest absolute Gasteiger partial charge is 0.338 e. The highest BCUT2D eigenvalue weighted by Crippen LogP contribution is 2.19. The first kappa shape index (κ1) is 19.2. The van der Waals surface area contributed by atoms with Gasteiger partial charge in [0.25, 0.3) is 5.91 Å². The molecule has 138 valence electrons. The van der Waals surface area contributed by atoms with Crippen LogP contribution in [0.3, 0.4) is 0 Å². The molecule has 1 N–H and O–H groups in total. The number of carbonyl (C=O) groups excluding carboxylic acids is 2. The Morgan fingerprint density at radius 3 is 2.54 bits per heavy atom. The van der Waals surface area contributed by atoms with Gasteiger partial charge in [0.1, 0.15) is 5.75 Å². The third-order valence-corrected chi connectivity index (χ3v) is 3.69. The zero-order valence-electron chi connectivity index (χ0n) is 14.7. The fourth-order valence-electron chi connectivity index (χ4n) is 2.29. The lowest BCUT2D eigenvalue weighted by Crippen LogP contribution is -2.31. The van der Waals surface area contributed by atoms with Crippen molar-refractivity contribution in [1.29, 1.82) is 0 Å². The standard InChI is InChI=1S/C19H20FNO5/c1-12(13-5-4-6-15(9-13)24-2)21-18(22)11-26-19(23)14-7-8-17(25-3)16(20)10-14/h4-10,12H,11H2,1-3H3,(H,21,22)/t12-/m1/s1. The SMILES string of the molecule is COc1cccc([C@@H](C)NC(=O)COC(=O)c2ccc(OC)c(F)c2)c1. The first-order chi connectivity index (χ1) is 12.4. The molecule has 1 amide bonds. The summed E-state index contributed by atoms with van der Waals surface area (Å²) in [6.45, 7) is 1.33. The van der Waals surface area contributed by atoms with E-state index in [9.17, 15) is 14.0 Å². The van der Waals surface area contributed by atoms with Crippen LogP contribution in [0.4, 0.5) is 4.39 Å². The number of benzene rings is 2. The van der Waals surface area contributed by atoms with E-state index in [0.29, 0.717) is 5.75 Å². The van der Waals surface area contributed by atoms with Crippen LogP contribution in [0.5, 0.6) is 11.5 Å². The second kappa shape index (κ2) is 8.84. The number of nitrogens with one attached hydrogen (secondary N) is 1. The van der Waals surface area contributed by atoms with Gasteiger partial charge in [0.05, 0.1) is 25.8 Å². The van der Waals surface area contributed by atoms with Gasteiger partial charge in [-0.05, 0) is 42.8 Å².